The zero-order valence-electron chi connectivity index (χ0n) is 7.39. The summed E-state index contributed by atoms with van der Waals surface area (Å²) in [5.41, 5.74) is 0. The standard InChI is InChI=1S/C9H8F3O2/c1-13-7-2-4-8(5-3-7)14-6-9(10,11)12/h2-4H,6H2,1H3. The van der Waals surface area contributed by atoms with Crippen LogP contribution in [0.5, 0.6) is 11.5 Å². The highest BCUT2D eigenvalue weighted by Crippen LogP contribution is 2.20. The first kappa shape index (κ1) is 10.7. The van der Waals surface area contributed by atoms with Gasteiger partial charge in [-0.25, -0.2) is 0 Å². The number of ether oxygens (including phenoxy) is 2. The average molecular weight is 205 g/mol. The Morgan fingerprint density at radius 2 is 2.07 bits per heavy atom. The van der Waals surface area contributed by atoms with Crippen LogP contribution in [0.15, 0.2) is 18.2 Å². The molecule has 0 aliphatic heterocycles. The molecular formula is C9H8F3O2. The summed E-state index contributed by atoms with van der Waals surface area (Å²) < 4.78 is 44.4. The first-order chi connectivity index (χ1) is 6.51. The zero-order chi connectivity index (χ0) is 10.6. The number of hydrogen-bond donors (Lipinski definition) is 0. The van der Waals surface area contributed by atoms with Crippen molar-refractivity contribution in [3.63, 3.8) is 0 Å². The lowest BCUT2D eigenvalue weighted by Gasteiger charge is -2.08. The molecule has 0 aromatic heterocycles. The molecule has 0 heterocycles. The van der Waals surface area contributed by atoms with Gasteiger partial charge in [-0.15, -0.1) is 0 Å². The summed E-state index contributed by atoms with van der Waals surface area (Å²) in [6, 6.07) is 6.79. The van der Waals surface area contributed by atoms with Crippen LogP contribution in [0.3, 0.4) is 0 Å². The Labute approximate surface area is 79.2 Å². The van der Waals surface area contributed by atoms with E-state index in [1.807, 2.05) is 0 Å². The first-order valence-electron chi connectivity index (χ1n) is 3.76. The van der Waals surface area contributed by atoms with Crippen molar-refractivity contribution in [1.29, 1.82) is 0 Å². The molecule has 2 nitrogen and oxygen atoms in total. The third-order valence-electron chi connectivity index (χ3n) is 1.38. The second kappa shape index (κ2) is 4.21. The first-order valence-corrected chi connectivity index (χ1v) is 3.76. The third kappa shape index (κ3) is 3.55. The number of alkyl halides is 3. The van der Waals surface area contributed by atoms with Crippen LogP contribution in [0.1, 0.15) is 0 Å². The van der Waals surface area contributed by atoms with Crippen LogP contribution >= 0.6 is 0 Å². The van der Waals surface area contributed by atoms with Crippen LogP contribution in [0.4, 0.5) is 13.2 Å². The normalized spacial score (nSPS) is 11.1. The Morgan fingerprint density at radius 3 is 2.50 bits per heavy atom. The molecule has 1 rings (SSSR count). The number of methoxy groups -OCH3 is 1. The van der Waals surface area contributed by atoms with Gasteiger partial charge in [0.2, 0.25) is 0 Å². The molecule has 0 aliphatic carbocycles. The molecule has 0 aliphatic rings. The Bertz CT molecular complexity index is 279. The predicted octanol–water partition coefficient (Wildman–Crippen LogP) is 2.44. The molecule has 77 valence electrons. The van der Waals surface area contributed by atoms with Crippen molar-refractivity contribution in [2.45, 2.75) is 6.18 Å². The van der Waals surface area contributed by atoms with Gasteiger partial charge < -0.3 is 9.47 Å². The summed E-state index contributed by atoms with van der Waals surface area (Å²) in [5, 5.41) is 0. The predicted molar refractivity (Wildman–Crippen MR) is 43.4 cm³/mol. The van der Waals surface area contributed by atoms with Gasteiger partial charge in [0.15, 0.2) is 6.61 Å². The van der Waals surface area contributed by atoms with E-state index >= 15 is 0 Å². The maximum absolute atomic E-state index is 11.7. The largest absolute Gasteiger partial charge is 0.497 e. The molecule has 14 heavy (non-hydrogen) atoms. The van der Waals surface area contributed by atoms with E-state index in [2.05, 4.69) is 10.8 Å². The Morgan fingerprint density at radius 1 is 1.36 bits per heavy atom. The molecular weight excluding hydrogens is 197 g/mol. The van der Waals surface area contributed by atoms with Crippen molar-refractivity contribution in [2.75, 3.05) is 13.7 Å². The van der Waals surface area contributed by atoms with Gasteiger partial charge in [-0.05, 0) is 18.2 Å². The summed E-state index contributed by atoms with van der Waals surface area (Å²) in [4.78, 5) is 0. The Kier molecular flexibility index (Phi) is 3.22. The monoisotopic (exact) mass is 205 g/mol. The van der Waals surface area contributed by atoms with Crippen molar-refractivity contribution in [3.8, 4) is 11.5 Å². The van der Waals surface area contributed by atoms with Crippen LogP contribution in [0.2, 0.25) is 0 Å². The van der Waals surface area contributed by atoms with E-state index in [0.717, 1.165) is 0 Å². The molecule has 5 heteroatoms. The van der Waals surface area contributed by atoms with E-state index in [0.29, 0.717) is 5.75 Å². The van der Waals surface area contributed by atoms with Crippen molar-refractivity contribution < 1.29 is 22.6 Å². The molecule has 0 bridgehead atoms. The van der Waals surface area contributed by atoms with Crippen LogP contribution in [-0.2, 0) is 0 Å². The van der Waals surface area contributed by atoms with Crippen LogP contribution in [-0.4, -0.2) is 19.9 Å². The fourth-order valence-electron chi connectivity index (χ4n) is 0.773. The van der Waals surface area contributed by atoms with Crippen LogP contribution in [0.25, 0.3) is 0 Å². The second-order valence-electron chi connectivity index (χ2n) is 2.50. The minimum absolute atomic E-state index is 0.0446. The second-order valence-corrected chi connectivity index (χ2v) is 2.50. The Balaban J connectivity index is 2.52. The molecule has 0 unspecified atom stereocenters. The van der Waals surface area contributed by atoms with Gasteiger partial charge in [-0.3, -0.25) is 0 Å². The van der Waals surface area contributed by atoms with E-state index in [-0.39, 0.29) is 5.75 Å². The topological polar surface area (TPSA) is 18.5 Å². The number of hydrogen-bond acceptors (Lipinski definition) is 2. The van der Waals surface area contributed by atoms with Crippen LogP contribution < -0.4 is 9.47 Å². The molecule has 0 saturated heterocycles. The van der Waals surface area contributed by atoms with Gasteiger partial charge in [0, 0.05) is 6.07 Å². The van der Waals surface area contributed by atoms with Gasteiger partial charge in [0.05, 0.1) is 7.11 Å². The van der Waals surface area contributed by atoms with E-state index < -0.39 is 12.8 Å². The van der Waals surface area contributed by atoms with Crippen molar-refractivity contribution in [3.05, 3.63) is 24.3 Å². The summed E-state index contributed by atoms with van der Waals surface area (Å²) >= 11 is 0. The molecule has 0 amide bonds. The summed E-state index contributed by atoms with van der Waals surface area (Å²) in [6.07, 6.45) is -4.33. The molecule has 1 aromatic carbocycles. The van der Waals surface area contributed by atoms with Gasteiger partial charge in [-0.2, -0.15) is 13.2 Å². The maximum atomic E-state index is 11.7. The minimum Gasteiger partial charge on any atom is -0.497 e. The highest BCUT2D eigenvalue weighted by atomic mass is 19.4. The smallest absolute Gasteiger partial charge is 0.422 e. The number of benzene rings is 1. The van der Waals surface area contributed by atoms with Gasteiger partial charge in [-0.1, -0.05) is 0 Å². The average Bonchev–Trinajstić information content (AvgIpc) is 2.14. The van der Waals surface area contributed by atoms with Gasteiger partial charge >= 0.3 is 6.18 Å². The quantitative estimate of drug-likeness (QED) is 0.754. The lowest BCUT2D eigenvalue weighted by molar-refractivity contribution is -0.153. The molecule has 0 fully saturated rings. The van der Waals surface area contributed by atoms with E-state index in [4.69, 9.17) is 4.74 Å². The van der Waals surface area contributed by atoms with Crippen LogP contribution in [0, 0.1) is 6.07 Å². The maximum Gasteiger partial charge on any atom is 0.422 e. The molecule has 0 spiro atoms. The lowest BCUT2D eigenvalue weighted by Crippen LogP contribution is -2.19. The van der Waals surface area contributed by atoms with Gasteiger partial charge in [0.1, 0.15) is 11.5 Å². The van der Waals surface area contributed by atoms with Crippen molar-refractivity contribution in [1.82, 2.24) is 0 Å². The minimum atomic E-state index is -4.33. The molecule has 1 radical (unpaired) electrons. The number of halogens is 3. The SMILES string of the molecule is COc1c[c]c(OCC(F)(F)F)cc1. The van der Waals surface area contributed by atoms with Crippen molar-refractivity contribution >= 4 is 0 Å². The highest BCUT2D eigenvalue weighted by Gasteiger charge is 2.28. The van der Waals surface area contributed by atoms with E-state index in [9.17, 15) is 13.2 Å². The molecule has 0 atom stereocenters. The zero-order valence-corrected chi connectivity index (χ0v) is 7.39. The molecule has 0 saturated carbocycles. The molecule has 1 aromatic rings. The van der Waals surface area contributed by atoms with E-state index in [1.54, 1.807) is 0 Å². The number of rotatable bonds is 3. The highest BCUT2D eigenvalue weighted by molar-refractivity contribution is 5.29. The summed E-state index contributed by atoms with van der Waals surface area (Å²) in [6.45, 7) is -1.31. The van der Waals surface area contributed by atoms with Gasteiger partial charge in [0.25, 0.3) is 0 Å². The summed E-state index contributed by atoms with van der Waals surface area (Å²) in [7, 11) is 1.46. The fraction of sp³-hybridized carbons (Fsp3) is 0.333. The third-order valence-corrected chi connectivity index (χ3v) is 1.38. The van der Waals surface area contributed by atoms with E-state index in [1.165, 1.54) is 25.3 Å². The summed E-state index contributed by atoms with van der Waals surface area (Å²) in [5.74, 6) is 0.562. The lowest BCUT2D eigenvalue weighted by atomic mass is 10.3. The fourth-order valence-corrected chi connectivity index (χ4v) is 0.773. The molecule has 0 N–H and O–H groups in total. The van der Waals surface area contributed by atoms with Crippen molar-refractivity contribution in [2.24, 2.45) is 0 Å². The Hall–Kier alpha value is -1.39.